The average Bonchev–Trinajstić information content (AvgIpc) is 2.14. The van der Waals surface area contributed by atoms with E-state index >= 15 is 0 Å². The average molecular weight is 219 g/mol. The number of hydrogen-bond donors (Lipinski definition) is 2. The van der Waals surface area contributed by atoms with Crippen LogP contribution >= 0.6 is 0 Å². The maximum Gasteiger partial charge on any atom is 0.471 e. The van der Waals surface area contributed by atoms with Gasteiger partial charge in [0.2, 0.25) is 0 Å². The molecular formula is C9H8F3NO2. The summed E-state index contributed by atoms with van der Waals surface area (Å²) in [6, 6.07) is 5.83. The molecule has 0 aliphatic heterocycles. The predicted octanol–water partition coefficient (Wildman–Crippen LogP) is 1.57. The van der Waals surface area contributed by atoms with E-state index in [9.17, 15) is 23.1 Å². The highest BCUT2D eigenvalue weighted by molar-refractivity contribution is 5.81. The SMILES string of the molecule is O=C(NCc1ccccc1O)C(F)(F)F. The Hall–Kier alpha value is -1.72. The molecule has 82 valence electrons. The van der Waals surface area contributed by atoms with Gasteiger partial charge >= 0.3 is 12.1 Å². The first-order valence-electron chi connectivity index (χ1n) is 4.03. The number of nitrogens with one attached hydrogen (secondary N) is 1. The maximum absolute atomic E-state index is 11.8. The van der Waals surface area contributed by atoms with Crippen LogP contribution in [0.15, 0.2) is 24.3 Å². The van der Waals surface area contributed by atoms with E-state index in [-0.39, 0.29) is 17.9 Å². The summed E-state index contributed by atoms with van der Waals surface area (Å²) in [5, 5.41) is 10.8. The number of aromatic hydroxyl groups is 1. The Bertz CT molecular complexity index is 363. The molecule has 2 N–H and O–H groups in total. The lowest BCUT2D eigenvalue weighted by Crippen LogP contribution is -2.36. The summed E-state index contributed by atoms with van der Waals surface area (Å²) in [7, 11) is 0. The minimum absolute atomic E-state index is 0.153. The number of phenols is 1. The van der Waals surface area contributed by atoms with Crippen LogP contribution in [0.4, 0.5) is 13.2 Å². The second kappa shape index (κ2) is 4.20. The molecule has 0 aliphatic rings. The zero-order chi connectivity index (χ0) is 11.5. The van der Waals surface area contributed by atoms with Crippen LogP contribution in [-0.2, 0) is 11.3 Å². The summed E-state index contributed by atoms with van der Waals surface area (Å²) < 4.78 is 35.3. The number of carbonyl (C=O) groups is 1. The van der Waals surface area contributed by atoms with Gasteiger partial charge in [-0.15, -0.1) is 0 Å². The smallest absolute Gasteiger partial charge is 0.471 e. The predicted molar refractivity (Wildman–Crippen MR) is 46.0 cm³/mol. The molecular weight excluding hydrogens is 211 g/mol. The van der Waals surface area contributed by atoms with Crippen molar-refractivity contribution in [3.8, 4) is 5.75 Å². The number of hydrogen-bond acceptors (Lipinski definition) is 2. The highest BCUT2D eigenvalue weighted by atomic mass is 19.4. The first kappa shape index (κ1) is 11.4. The normalized spacial score (nSPS) is 11.1. The van der Waals surface area contributed by atoms with Gasteiger partial charge in [0, 0.05) is 12.1 Å². The van der Waals surface area contributed by atoms with Crippen molar-refractivity contribution < 1.29 is 23.1 Å². The molecule has 0 aliphatic carbocycles. The fourth-order valence-electron chi connectivity index (χ4n) is 0.936. The molecule has 1 amide bonds. The highest BCUT2D eigenvalue weighted by Crippen LogP contribution is 2.17. The van der Waals surface area contributed by atoms with Gasteiger partial charge in [-0.3, -0.25) is 4.79 Å². The van der Waals surface area contributed by atoms with E-state index < -0.39 is 12.1 Å². The molecule has 1 aromatic rings. The molecule has 0 saturated carbocycles. The van der Waals surface area contributed by atoms with Gasteiger partial charge in [-0.05, 0) is 6.07 Å². The Labute approximate surface area is 83.5 Å². The minimum Gasteiger partial charge on any atom is -0.508 e. The molecule has 15 heavy (non-hydrogen) atoms. The molecule has 0 atom stereocenters. The van der Waals surface area contributed by atoms with Crippen LogP contribution in [0.2, 0.25) is 0 Å². The molecule has 0 heterocycles. The van der Waals surface area contributed by atoms with Crippen LogP contribution in [0.25, 0.3) is 0 Å². The van der Waals surface area contributed by atoms with Crippen molar-refractivity contribution in [2.24, 2.45) is 0 Å². The van der Waals surface area contributed by atoms with Crippen molar-refractivity contribution in [3.05, 3.63) is 29.8 Å². The number of amides is 1. The van der Waals surface area contributed by atoms with Gasteiger partial charge in [0.1, 0.15) is 5.75 Å². The molecule has 3 nitrogen and oxygen atoms in total. The first-order valence-corrected chi connectivity index (χ1v) is 4.03. The largest absolute Gasteiger partial charge is 0.508 e. The first-order chi connectivity index (χ1) is 6.91. The number of carbonyl (C=O) groups excluding carboxylic acids is 1. The molecule has 0 spiro atoms. The van der Waals surface area contributed by atoms with E-state index in [2.05, 4.69) is 0 Å². The Morgan fingerprint density at radius 1 is 1.33 bits per heavy atom. The van der Waals surface area contributed by atoms with Crippen LogP contribution in [-0.4, -0.2) is 17.2 Å². The second-order valence-corrected chi connectivity index (χ2v) is 2.81. The number of phenolic OH excluding ortho intramolecular Hbond substituents is 1. The van der Waals surface area contributed by atoms with Crippen molar-refractivity contribution >= 4 is 5.91 Å². The lowest BCUT2D eigenvalue weighted by atomic mass is 10.2. The van der Waals surface area contributed by atoms with Crippen LogP contribution in [0, 0.1) is 0 Å². The standard InChI is InChI=1S/C9H8F3NO2/c10-9(11,12)8(15)13-5-6-3-1-2-4-7(6)14/h1-4,14H,5H2,(H,13,15). The lowest BCUT2D eigenvalue weighted by molar-refractivity contribution is -0.173. The fourth-order valence-corrected chi connectivity index (χ4v) is 0.936. The van der Waals surface area contributed by atoms with Crippen molar-refractivity contribution in [1.82, 2.24) is 5.32 Å². The fraction of sp³-hybridized carbons (Fsp3) is 0.222. The highest BCUT2D eigenvalue weighted by Gasteiger charge is 2.38. The minimum atomic E-state index is -4.90. The third-order valence-electron chi connectivity index (χ3n) is 1.69. The topological polar surface area (TPSA) is 49.3 Å². The van der Waals surface area contributed by atoms with E-state index in [1.807, 2.05) is 0 Å². The van der Waals surface area contributed by atoms with E-state index in [0.29, 0.717) is 0 Å². The van der Waals surface area contributed by atoms with Crippen molar-refractivity contribution in [2.75, 3.05) is 0 Å². The number of alkyl halides is 3. The van der Waals surface area contributed by atoms with Gasteiger partial charge in [0.25, 0.3) is 0 Å². The summed E-state index contributed by atoms with van der Waals surface area (Å²) in [4.78, 5) is 10.4. The Kier molecular flexibility index (Phi) is 3.18. The number of benzene rings is 1. The van der Waals surface area contributed by atoms with E-state index in [1.165, 1.54) is 18.2 Å². The lowest BCUT2D eigenvalue weighted by Gasteiger charge is -2.08. The van der Waals surface area contributed by atoms with Gasteiger partial charge in [0.05, 0.1) is 0 Å². The summed E-state index contributed by atoms with van der Waals surface area (Å²) >= 11 is 0. The van der Waals surface area contributed by atoms with E-state index in [0.717, 1.165) is 0 Å². The van der Waals surface area contributed by atoms with Crippen molar-refractivity contribution in [3.63, 3.8) is 0 Å². The number of rotatable bonds is 2. The quantitative estimate of drug-likeness (QED) is 0.793. The number of halogens is 3. The van der Waals surface area contributed by atoms with Crippen LogP contribution < -0.4 is 5.32 Å². The third kappa shape index (κ3) is 3.16. The summed E-state index contributed by atoms with van der Waals surface area (Å²) in [6.07, 6.45) is -4.90. The zero-order valence-corrected chi connectivity index (χ0v) is 7.51. The maximum atomic E-state index is 11.8. The van der Waals surface area contributed by atoms with Crippen LogP contribution in [0.3, 0.4) is 0 Å². The molecule has 6 heteroatoms. The molecule has 0 unspecified atom stereocenters. The Morgan fingerprint density at radius 2 is 1.93 bits per heavy atom. The van der Waals surface area contributed by atoms with Crippen LogP contribution in [0.1, 0.15) is 5.56 Å². The molecule has 1 aromatic carbocycles. The Morgan fingerprint density at radius 3 is 2.47 bits per heavy atom. The molecule has 0 aromatic heterocycles. The van der Waals surface area contributed by atoms with E-state index in [1.54, 1.807) is 11.4 Å². The molecule has 0 radical (unpaired) electrons. The summed E-state index contributed by atoms with van der Waals surface area (Å²) in [6.45, 7) is -0.356. The van der Waals surface area contributed by atoms with Gasteiger partial charge in [0.15, 0.2) is 0 Å². The third-order valence-corrected chi connectivity index (χ3v) is 1.69. The summed E-state index contributed by atoms with van der Waals surface area (Å²) in [5.74, 6) is -2.18. The zero-order valence-electron chi connectivity index (χ0n) is 7.51. The van der Waals surface area contributed by atoms with Crippen molar-refractivity contribution in [2.45, 2.75) is 12.7 Å². The number of para-hydroxylation sites is 1. The van der Waals surface area contributed by atoms with Gasteiger partial charge in [-0.2, -0.15) is 13.2 Å². The molecule has 0 bridgehead atoms. The summed E-state index contributed by atoms with van der Waals surface area (Å²) in [5.41, 5.74) is 0.232. The Balaban J connectivity index is 2.59. The molecule has 0 fully saturated rings. The van der Waals surface area contributed by atoms with Gasteiger partial charge in [-0.25, -0.2) is 0 Å². The second-order valence-electron chi connectivity index (χ2n) is 2.81. The van der Waals surface area contributed by atoms with E-state index in [4.69, 9.17) is 0 Å². The monoisotopic (exact) mass is 219 g/mol. The molecule has 0 saturated heterocycles. The van der Waals surface area contributed by atoms with Gasteiger partial charge in [-0.1, -0.05) is 18.2 Å². The van der Waals surface area contributed by atoms with Gasteiger partial charge < -0.3 is 10.4 Å². The molecule has 1 rings (SSSR count). The van der Waals surface area contributed by atoms with Crippen molar-refractivity contribution in [1.29, 1.82) is 0 Å². The van der Waals surface area contributed by atoms with Crippen LogP contribution in [0.5, 0.6) is 5.75 Å².